The Morgan fingerprint density at radius 2 is 1.67 bits per heavy atom. The van der Waals surface area contributed by atoms with Gasteiger partial charge in [-0.05, 0) is 55.4 Å². The van der Waals surface area contributed by atoms with Crippen LogP contribution in [0, 0.1) is 5.41 Å². The number of rotatable bonds is 6. The van der Waals surface area contributed by atoms with Crippen molar-refractivity contribution in [1.29, 1.82) is 0 Å². The van der Waals surface area contributed by atoms with E-state index in [1.807, 2.05) is 0 Å². The number of anilines is 2. The molecule has 1 aliphatic carbocycles. The smallest absolute Gasteiger partial charge is 0.271 e. The lowest BCUT2D eigenvalue weighted by molar-refractivity contribution is 0.280. The standard InChI is InChI=1S/C20H25ClN2O4S3/c1-20(2)10-12-23(13-11-20)19-15(21)4-3-5-16(19)22-30(26,27)18-9-8-17(28-18)29(24,25)14-6-7-14/h3-5,8-9,14,22H,6-7,10-13H2,1-2H3. The number of para-hydroxylation sites is 1. The molecule has 0 spiro atoms. The zero-order chi connectivity index (χ0) is 21.7. The molecule has 2 aromatic rings. The van der Waals surface area contributed by atoms with E-state index in [9.17, 15) is 16.8 Å². The summed E-state index contributed by atoms with van der Waals surface area (Å²) < 4.78 is 53.6. The summed E-state index contributed by atoms with van der Waals surface area (Å²) in [6, 6.07) is 7.89. The Morgan fingerprint density at radius 1 is 1.03 bits per heavy atom. The lowest BCUT2D eigenvalue weighted by Gasteiger charge is -2.39. The molecule has 0 bridgehead atoms. The summed E-state index contributed by atoms with van der Waals surface area (Å²) in [5.74, 6) is 0. The Bertz CT molecular complexity index is 1160. The van der Waals surface area contributed by atoms with E-state index in [0.717, 1.165) is 37.3 Å². The molecule has 30 heavy (non-hydrogen) atoms. The van der Waals surface area contributed by atoms with Crippen LogP contribution in [-0.2, 0) is 19.9 Å². The summed E-state index contributed by atoms with van der Waals surface area (Å²) in [4.78, 5) is 2.11. The molecule has 4 rings (SSSR count). The number of nitrogens with one attached hydrogen (secondary N) is 1. The predicted octanol–water partition coefficient (Wildman–Crippen LogP) is 4.76. The number of halogens is 1. The summed E-state index contributed by atoms with van der Waals surface area (Å²) in [6.07, 6.45) is 3.24. The van der Waals surface area contributed by atoms with Gasteiger partial charge >= 0.3 is 0 Å². The van der Waals surface area contributed by atoms with Gasteiger partial charge < -0.3 is 4.90 Å². The van der Waals surface area contributed by atoms with Crippen LogP contribution in [0.25, 0.3) is 0 Å². The van der Waals surface area contributed by atoms with Gasteiger partial charge in [-0.15, -0.1) is 11.3 Å². The van der Waals surface area contributed by atoms with E-state index in [1.54, 1.807) is 18.2 Å². The van der Waals surface area contributed by atoms with Gasteiger partial charge in [0.05, 0.1) is 21.6 Å². The van der Waals surface area contributed by atoms with Crippen LogP contribution < -0.4 is 9.62 Å². The molecule has 6 nitrogen and oxygen atoms in total. The third-order valence-electron chi connectivity index (χ3n) is 5.73. The van der Waals surface area contributed by atoms with E-state index in [-0.39, 0.29) is 19.1 Å². The molecule has 0 radical (unpaired) electrons. The Labute approximate surface area is 187 Å². The Morgan fingerprint density at radius 3 is 2.30 bits per heavy atom. The maximum Gasteiger partial charge on any atom is 0.271 e. The largest absolute Gasteiger partial charge is 0.369 e. The molecule has 164 valence electrons. The number of nitrogens with zero attached hydrogens (tertiary/aromatic N) is 1. The molecule has 1 N–H and O–H groups in total. The van der Waals surface area contributed by atoms with Gasteiger partial charge in [0, 0.05) is 13.1 Å². The fourth-order valence-corrected chi connectivity index (χ4v) is 8.64. The molecule has 1 saturated carbocycles. The Kier molecular flexibility index (Phi) is 5.62. The van der Waals surface area contributed by atoms with E-state index < -0.39 is 19.9 Å². The summed E-state index contributed by atoms with van der Waals surface area (Å²) in [6.45, 7) is 6.03. The van der Waals surface area contributed by atoms with E-state index in [0.29, 0.717) is 29.2 Å². The number of hydrogen-bond donors (Lipinski definition) is 1. The third-order valence-corrected chi connectivity index (χ3v) is 11.8. The van der Waals surface area contributed by atoms with Crippen LogP contribution in [0.2, 0.25) is 5.02 Å². The lowest BCUT2D eigenvalue weighted by atomic mass is 9.82. The maximum absolute atomic E-state index is 13.0. The van der Waals surface area contributed by atoms with E-state index >= 15 is 0 Å². The van der Waals surface area contributed by atoms with Gasteiger partial charge in [0.1, 0.15) is 8.42 Å². The summed E-state index contributed by atoms with van der Waals surface area (Å²) in [5, 5.41) is 0.112. The van der Waals surface area contributed by atoms with Gasteiger partial charge in [-0.25, -0.2) is 16.8 Å². The molecule has 2 aliphatic rings. The minimum Gasteiger partial charge on any atom is -0.369 e. The van der Waals surface area contributed by atoms with Crippen LogP contribution >= 0.6 is 22.9 Å². The normalized spacial score (nSPS) is 19.6. The highest BCUT2D eigenvalue weighted by atomic mass is 35.5. The number of benzene rings is 1. The maximum atomic E-state index is 13.0. The first kappa shape index (κ1) is 21.9. The molecule has 0 unspecified atom stereocenters. The SMILES string of the molecule is CC1(C)CCN(c2c(Cl)cccc2NS(=O)(=O)c2ccc(S(=O)(=O)C3CC3)s2)CC1. The first-order valence-corrected chi connectivity index (χ1v) is 14.1. The van der Waals surface area contributed by atoms with Crippen LogP contribution in [0.5, 0.6) is 0 Å². The van der Waals surface area contributed by atoms with E-state index in [2.05, 4.69) is 23.5 Å². The molecular formula is C20H25ClN2O4S3. The van der Waals surface area contributed by atoms with Crippen molar-refractivity contribution in [3.05, 3.63) is 35.4 Å². The highest BCUT2D eigenvalue weighted by Crippen LogP contribution is 2.41. The average molecular weight is 489 g/mol. The van der Waals surface area contributed by atoms with Gasteiger partial charge in [0.2, 0.25) is 0 Å². The first-order chi connectivity index (χ1) is 14.0. The monoisotopic (exact) mass is 488 g/mol. The van der Waals surface area contributed by atoms with Crippen LogP contribution in [-0.4, -0.2) is 35.2 Å². The first-order valence-electron chi connectivity index (χ1n) is 9.90. The number of sulfonamides is 1. The number of thiophene rings is 1. The minimum atomic E-state index is -3.94. The second-order valence-corrected chi connectivity index (χ2v) is 14.6. The summed E-state index contributed by atoms with van der Waals surface area (Å²) in [7, 11) is -7.36. The zero-order valence-electron chi connectivity index (χ0n) is 16.9. The van der Waals surface area contributed by atoms with Crippen molar-refractivity contribution in [2.45, 2.75) is 53.2 Å². The van der Waals surface area contributed by atoms with Crippen molar-refractivity contribution in [2.24, 2.45) is 5.41 Å². The number of sulfone groups is 1. The van der Waals surface area contributed by atoms with Crippen LogP contribution in [0.4, 0.5) is 11.4 Å². The second-order valence-electron chi connectivity index (χ2n) is 8.71. The molecule has 1 aromatic heterocycles. The fraction of sp³-hybridized carbons (Fsp3) is 0.500. The molecular weight excluding hydrogens is 464 g/mol. The van der Waals surface area contributed by atoms with Gasteiger partial charge in [0.15, 0.2) is 9.84 Å². The highest BCUT2D eigenvalue weighted by Gasteiger charge is 2.38. The molecule has 0 atom stereocenters. The van der Waals surface area contributed by atoms with Crippen LogP contribution in [0.1, 0.15) is 39.5 Å². The molecule has 1 aliphatic heterocycles. The molecule has 1 aromatic carbocycles. The minimum absolute atomic E-state index is 0.0209. The van der Waals surface area contributed by atoms with Crippen molar-refractivity contribution in [2.75, 3.05) is 22.7 Å². The predicted molar refractivity (Wildman–Crippen MR) is 122 cm³/mol. The topological polar surface area (TPSA) is 83.6 Å². The average Bonchev–Trinajstić information content (AvgIpc) is 3.39. The molecule has 2 heterocycles. The second kappa shape index (κ2) is 7.69. The van der Waals surface area contributed by atoms with E-state index in [4.69, 9.17) is 11.6 Å². The number of hydrogen-bond acceptors (Lipinski definition) is 6. The van der Waals surface area contributed by atoms with E-state index in [1.165, 1.54) is 12.1 Å². The Balaban J connectivity index is 1.61. The number of piperidine rings is 1. The molecule has 2 fully saturated rings. The summed E-state index contributed by atoms with van der Waals surface area (Å²) in [5.41, 5.74) is 1.32. The van der Waals surface area contributed by atoms with Crippen molar-refractivity contribution in [3.8, 4) is 0 Å². The fourth-order valence-electron chi connectivity index (χ4n) is 3.59. The van der Waals surface area contributed by atoms with Gasteiger partial charge in [-0.1, -0.05) is 31.5 Å². The quantitative estimate of drug-likeness (QED) is 0.633. The molecule has 0 amide bonds. The van der Waals surface area contributed by atoms with Crippen molar-refractivity contribution in [1.82, 2.24) is 0 Å². The summed E-state index contributed by atoms with van der Waals surface area (Å²) >= 11 is 7.26. The molecule has 10 heteroatoms. The lowest BCUT2D eigenvalue weighted by Crippen LogP contribution is -2.38. The van der Waals surface area contributed by atoms with Gasteiger partial charge in [-0.3, -0.25) is 4.72 Å². The van der Waals surface area contributed by atoms with Crippen molar-refractivity contribution in [3.63, 3.8) is 0 Å². The third kappa shape index (κ3) is 4.35. The van der Waals surface area contributed by atoms with Crippen LogP contribution in [0.15, 0.2) is 38.8 Å². The molecule has 1 saturated heterocycles. The van der Waals surface area contributed by atoms with Crippen LogP contribution in [0.3, 0.4) is 0 Å². The Hall–Kier alpha value is -1.29. The van der Waals surface area contributed by atoms with Gasteiger partial charge in [0.25, 0.3) is 10.0 Å². The van der Waals surface area contributed by atoms with Crippen molar-refractivity contribution >= 4 is 54.2 Å². The van der Waals surface area contributed by atoms with Crippen molar-refractivity contribution < 1.29 is 16.8 Å². The zero-order valence-corrected chi connectivity index (χ0v) is 20.1. The highest BCUT2D eigenvalue weighted by molar-refractivity contribution is 7.97. The van der Waals surface area contributed by atoms with Gasteiger partial charge in [-0.2, -0.15) is 0 Å².